The maximum atomic E-state index is 13.7. The first kappa shape index (κ1) is 21.5. The molecule has 0 saturated carbocycles. The molecule has 31 heavy (non-hydrogen) atoms. The number of carbonyl (C=O) groups is 1. The molecule has 0 amide bonds. The number of nitrogen functional groups attached to an aromatic ring is 1. The van der Waals surface area contributed by atoms with Crippen LogP contribution in [0.2, 0.25) is 0 Å². The molecule has 4 heterocycles. The number of nitrogens with two attached hydrogens (primary N) is 1. The Kier molecular flexibility index (Phi) is 5.15. The number of aliphatic imine (C=N–C) groups is 1. The fourth-order valence-electron chi connectivity index (χ4n) is 3.95. The van der Waals surface area contributed by atoms with Gasteiger partial charge in [-0.3, -0.25) is 9.69 Å². The maximum absolute atomic E-state index is 13.7. The minimum absolute atomic E-state index is 0.0964. The highest BCUT2D eigenvalue weighted by molar-refractivity contribution is 6.01. The number of anilines is 1. The zero-order valence-corrected chi connectivity index (χ0v) is 16.7. The van der Waals surface area contributed by atoms with E-state index >= 15 is 0 Å². The molecule has 0 bridgehead atoms. The second-order valence-corrected chi connectivity index (χ2v) is 7.91. The quantitative estimate of drug-likeness (QED) is 0.706. The standard InChI is InChI=1S/C19H21F5N6O/c1-28-14(12-8-26-15(25)6-13(12)19(22,23)24)7-16(30-9-18(20,21)10-30)27-17(28)29-4-2-11(31)3-5-29/h6-8,17H,2-5,9-10H2,1H3,(H2,25,26). The van der Waals surface area contributed by atoms with Gasteiger partial charge in [0.2, 0.25) is 0 Å². The highest BCUT2D eigenvalue weighted by Crippen LogP contribution is 2.39. The minimum atomic E-state index is -4.69. The fourth-order valence-corrected chi connectivity index (χ4v) is 3.95. The Morgan fingerprint density at radius 3 is 2.42 bits per heavy atom. The van der Waals surface area contributed by atoms with Crippen molar-refractivity contribution in [3.8, 4) is 0 Å². The average molecular weight is 444 g/mol. The second-order valence-electron chi connectivity index (χ2n) is 7.91. The zero-order chi connectivity index (χ0) is 22.6. The number of pyridine rings is 1. The third-order valence-corrected chi connectivity index (χ3v) is 5.60. The lowest BCUT2D eigenvalue weighted by Gasteiger charge is -2.45. The van der Waals surface area contributed by atoms with Gasteiger partial charge in [-0.25, -0.2) is 18.8 Å². The molecule has 2 fully saturated rings. The van der Waals surface area contributed by atoms with Crippen LogP contribution < -0.4 is 5.73 Å². The van der Waals surface area contributed by atoms with Gasteiger partial charge in [0.1, 0.15) is 17.4 Å². The van der Waals surface area contributed by atoms with E-state index in [0.29, 0.717) is 25.9 Å². The second kappa shape index (κ2) is 7.43. The van der Waals surface area contributed by atoms with Crippen molar-refractivity contribution in [2.24, 2.45) is 4.99 Å². The molecule has 0 radical (unpaired) electrons. The molecule has 1 aromatic heterocycles. The Labute approximate surface area is 175 Å². The van der Waals surface area contributed by atoms with Gasteiger partial charge in [0.25, 0.3) is 5.92 Å². The van der Waals surface area contributed by atoms with Gasteiger partial charge in [-0.15, -0.1) is 0 Å². The summed E-state index contributed by atoms with van der Waals surface area (Å²) in [7, 11) is 1.58. The Hall–Kier alpha value is -2.76. The van der Waals surface area contributed by atoms with E-state index in [1.165, 1.54) is 11.0 Å². The highest BCUT2D eigenvalue weighted by Gasteiger charge is 2.46. The molecule has 168 valence electrons. The predicted octanol–water partition coefficient (Wildman–Crippen LogP) is 2.27. The minimum Gasteiger partial charge on any atom is -0.384 e. The van der Waals surface area contributed by atoms with Crippen LogP contribution in [0.1, 0.15) is 24.0 Å². The van der Waals surface area contributed by atoms with Gasteiger partial charge in [-0.1, -0.05) is 0 Å². The van der Waals surface area contributed by atoms with Gasteiger partial charge in [0.05, 0.1) is 24.4 Å². The predicted molar refractivity (Wildman–Crippen MR) is 103 cm³/mol. The van der Waals surface area contributed by atoms with Crippen molar-refractivity contribution in [2.75, 3.05) is 39.0 Å². The number of alkyl halides is 5. The third-order valence-electron chi connectivity index (χ3n) is 5.60. The maximum Gasteiger partial charge on any atom is 0.417 e. The molecule has 0 aromatic carbocycles. The number of carbonyl (C=O) groups excluding carboxylic acids is 1. The lowest BCUT2D eigenvalue weighted by Crippen LogP contribution is -2.60. The normalized spacial score (nSPS) is 24.6. The van der Waals surface area contributed by atoms with E-state index in [1.54, 1.807) is 11.9 Å². The van der Waals surface area contributed by atoms with Gasteiger partial charge in [0, 0.05) is 50.8 Å². The van der Waals surface area contributed by atoms with Crippen molar-refractivity contribution in [2.45, 2.75) is 31.2 Å². The number of likely N-dealkylation sites (tertiary alicyclic amines) is 2. The van der Waals surface area contributed by atoms with Crippen molar-refractivity contribution in [1.29, 1.82) is 0 Å². The molecule has 2 N–H and O–H groups in total. The number of ketones is 1. The van der Waals surface area contributed by atoms with Crippen LogP contribution in [0.4, 0.5) is 27.8 Å². The van der Waals surface area contributed by atoms with E-state index in [1.807, 2.05) is 4.90 Å². The van der Waals surface area contributed by atoms with Crippen LogP contribution in [0.15, 0.2) is 23.3 Å². The van der Waals surface area contributed by atoms with Crippen LogP contribution in [0.5, 0.6) is 0 Å². The lowest BCUT2D eigenvalue weighted by molar-refractivity contribution is -0.138. The molecule has 1 atom stereocenters. The summed E-state index contributed by atoms with van der Waals surface area (Å²) in [6.07, 6.45) is -2.44. The number of hydrogen-bond donors (Lipinski definition) is 1. The molecule has 1 unspecified atom stereocenters. The lowest BCUT2D eigenvalue weighted by atomic mass is 10.0. The summed E-state index contributed by atoms with van der Waals surface area (Å²) in [5.74, 6) is -2.88. The number of aromatic nitrogens is 1. The van der Waals surface area contributed by atoms with Gasteiger partial charge < -0.3 is 15.5 Å². The van der Waals surface area contributed by atoms with Gasteiger partial charge in [-0.05, 0) is 6.07 Å². The summed E-state index contributed by atoms with van der Waals surface area (Å²) in [5, 5.41) is 0. The topological polar surface area (TPSA) is 78.1 Å². The van der Waals surface area contributed by atoms with Gasteiger partial charge in [0.15, 0.2) is 6.29 Å². The largest absolute Gasteiger partial charge is 0.417 e. The van der Waals surface area contributed by atoms with E-state index in [-0.39, 0.29) is 28.7 Å². The van der Waals surface area contributed by atoms with E-state index < -0.39 is 37.0 Å². The Bertz CT molecular complexity index is 942. The van der Waals surface area contributed by atoms with E-state index in [2.05, 4.69) is 9.98 Å². The number of rotatable bonds is 2. The first-order valence-corrected chi connectivity index (χ1v) is 9.68. The number of halogens is 5. The van der Waals surface area contributed by atoms with E-state index in [9.17, 15) is 26.7 Å². The molecular formula is C19H21F5N6O. The van der Waals surface area contributed by atoms with Crippen molar-refractivity contribution in [3.63, 3.8) is 0 Å². The molecular weight excluding hydrogens is 423 g/mol. The molecule has 1 aromatic rings. The van der Waals surface area contributed by atoms with Crippen molar-refractivity contribution in [1.82, 2.24) is 19.7 Å². The van der Waals surface area contributed by atoms with Crippen LogP contribution in [-0.4, -0.2) is 76.7 Å². The van der Waals surface area contributed by atoms with Gasteiger partial charge >= 0.3 is 6.18 Å². The summed E-state index contributed by atoms with van der Waals surface area (Å²) in [6, 6.07) is 0.752. The molecule has 3 aliphatic rings. The number of hydrogen-bond acceptors (Lipinski definition) is 7. The summed E-state index contributed by atoms with van der Waals surface area (Å²) >= 11 is 0. The van der Waals surface area contributed by atoms with Crippen molar-refractivity contribution in [3.05, 3.63) is 29.5 Å². The fraction of sp³-hybridized carbons (Fsp3) is 0.526. The Morgan fingerprint density at radius 1 is 1.19 bits per heavy atom. The number of amidine groups is 1. The van der Waals surface area contributed by atoms with Gasteiger partial charge in [-0.2, -0.15) is 13.2 Å². The number of nitrogens with zero attached hydrogens (tertiary/aromatic N) is 5. The highest BCUT2D eigenvalue weighted by atomic mass is 19.4. The summed E-state index contributed by atoms with van der Waals surface area (Å²) in [6.45, 7) is -0.367. The van der Waals surface area contributed by atoms with E-state index in [4.69, 9.17) is 5.73 Å². The first-order chi connectivity index (χ1) is 14.4. The van der Waals surface area contributed by atoms with Crippen molar-refractivity contribution < 1.29 is 26.7 Å². The van der Waals surface area contributed by atoms with Crippen molar-refractivity contribution >= 4 is 23.1 Å². The smallest absolute Gasteiger partial charge is 0.384 e. The van der Waals surface area contributed by atoms with Crippen LogP contribution in [-0.2, 0) is 11.0 Å². The summed E-state index contributed by atoms with van der Waals surface area (Å²) in [5.41, 5.74) is 4.43. The van der Waals surface area contributed by atoms with Crippen LogP contribution >= 0.6 is 0 Å². The zero-order valence-electron chi connectivity index (χ0n) is 16.7. The Balaban J connectivity index is 1.75. The number of piperidine rings is 1. The summed E-state index contributed by atoms with van der Waals surface area (Å²) in [4.78, 5) is 24.7. The van der Waals surface area contributed by atoms with Crippen LogP contribution in [0.25, 0.3) is 5.70 Å². The number of Topliss-reactive ketones (excluding diaryl/α,β-unsaturated/α-hetero) is 1. The molecule has 2 saturated heterocycles. The molecule has 3 aliphatic heterocycles. The summed E-state index contributed by atoms with van der Waals surface area (Å²) < 4.78 is 68.1. The molecule has 0 spiro atoms. The molecule has 4 rings (SSSR count). The molecule has 0 aliphatic carbocycles. The van der Waals surface area contributed by atoms with E-state index in [0.717, 1.165) is 12.3 Å². The third kappa shape index (κ3) is 4.21. The van der Waals surface area contributed by atoms with Crippen LogP contribution in [0, 0.1) is 0 Å². The average Bonchev–Trinajstić information content (AvgIpc) is 2.66. The van der Waals surface area contributed by atoms with Crippen LogP contribution in [0.3, 0.4) is 0 Å². The Morgan fingerprint density at radius 2 is 1.84 bits per heavy atom. The molecule has 7 nitrogen and oxygen atoms in total. The first-order valence-electron chi connectivity index (χ1n) is 9.68. The molecule has 12 heteroatoms. The SMILES string of the molecule is CN1C(c2cnc(N)cc2C(F)(F)F)=CC(N2CC(F)(F)C2)=NC1N1CCC(=O)CC1. The monoisotopic (exact) mass is 444 g/mol.